The molecule has 0 saturated heterocycles. The molecule has 8 heteroatoms. The highest BCUT2D eigenvalue weighted by Crippen LogP contribution is 2.20. The molecule has 1 aromatic heterocycles. The Morgan fingerprint density at radius 2 is 2.00 bits per heavy atom. The minimum atomic E-state index is -1.13. The van der Waals surface area contributed by atoms with Gasteiger partial charge < -0.3 is 19.9 Å². The van der Waals surface area contributed by atoms with E-state index in [4.69, 9.17) is 14.6 Å². The first kappa shape index (κ1) is 17.5. The molecule has 1 heterocycles. The maximum atomic E-state index is 12.3. The van der Waals surface area contributed by atoms with Crippen LogP contribution < -0.4 is 10.1 Å². The van der Waals surface area contributed by atoms with Gasteiger partial charge in [-0.3, -0.25) is 9.59 Å². The maximum absolute atomic E-state index is 12.3. The third-order valence-corrected chi connectivity index (χ3v) is 3.18. The Balaban J connectivity index is 2.27. The minimum absolute atomic E-state index is 0.0167. The molecule has 24 heavy (non-hydrogen) atoms. The van der Waals surface area contributed by atoms with E-state index in [1.165, 1.54) is 11.6 Å². The molecule has 0 bridgehead atoms. The van der Waals surface area contributed by atoms with Gasteiger partial charge in [-0.2, -0.15) is 5.10 Å². The fraction of sp³-hybridized carbons (Fsp3) is 0.312. The standard InChI is InChI=1S/C16H19N3O5/c1-11(16(21)22)17-15(20)14-13(24-9-8-23-2)10-19(18-14)12-6-4-3-5-7-12/h3-7,10-11H,8-9H2,1-2H3,(H,17,20)(H,21,22)/t11-/m1/s1. The molecule has 1 aromatic carbocycles. The van der Waals surface area contributed by atoms with Crippen LogP contribution in [-0.4, -0.2) is 53.1 Å². The summed E-state index contributed by atoms with van der Waals surface area (Å²) in [4.78, 5) is 23.2. The zero-order valence-corrected chi connectivity index (χ0v) is 13.4. The number of nitrogens with zero attached hydrogens (tertiary/aromatic N) is 2. The molecular formula is C16H19N3O5. The number of hydrogen-bond donors (Lipinski definition) is 2. The number of rotatable bonds is 8. The summed E-state index contributed by atoms with van der Waals surface area (Å²) in [6.07, 6.45) is 1.57. The van der Waals surface area contributed by atoms with Crippen molar-refractivity contribution in [1.82, 2.24) is 15.1 Å². The molecule has 0 aliphatic rings. The monoisotopic (exact) mass is 333 g/mol. The van der Waals surface area contributed by atoms with Crippen molar-refractivity contribution in [2.24, 2.45) is 0 Å². The Morgan fingerprint density at radius 1 is 1.29 bits per heavy atom. The summed E-state index contributed by atoms with van der Waals surface area (Å²) >= 11 is 0. The van der Waals surface area contributed by atoms with E-state index < -0.39 is 17.9 Å². The molecule has 2 aromatic rings. The lowest BCUT2D eigenvalue weighted by Gasteiger charge is -2.09. The second-order valence-corrected chi connectivity index (χ2v) is 5.00. The van der Waals surface area contributed by atoms with Crippen molar-refractivity contribution in [2.75, 3.05) is 20.3 Å². The molecule has 0 unspecified atom stereocenters. The van der Waals surface area contributed by atoms with Gasteiger partial charge in [0, 0.05) is 7.11 Å². The van der Waals surface area contributed by atoms with Crippen LogP contribution in [0.1, 0.15) is 17.4 Å². The Kier molecular flexibility index (Phi) is 5.91. The quantitative estimate of drug-likeness (QED) is 0.701. The van der Waals surface area contributed by atoms with Crippen molar-refractivity contribution >= 4 is 11.9 Å². The molecule has 128 valence electrons. The Hall–Kier alpha value is -2.87. The number of carbonyl (C=O) groups excluding carboxylic acids is 1. The molecule has 0 saturated carbocycles. The van der Waals surface area contributed by atoms with Gasteiger partial charge in [-0.05, 0) is 19.1 Å². The van der Waals surface area contributed by atoms with E-state index >= 15 is 0 Å². The number of benzene rings is 1. The lowest BCUT2D eigenvalue weighted by Crippen LogP contribution is -2.38. The summed E-state index contributed by atoms with van der Waals surface area (Å²) < 4.78 is 11.9. The van der Waals surface area contributed by atoms with Crippen LogP contribution >= 0.6 is 0 Å². The van der Waals surface area contributed by atoms with Gasteiger partial charge >= 0.3 is 5.97 Å². The second-order valence-electron chi connectivity index (χ2n) is 5.00. The number of aromatic nitrogens is 2. The first-order chi connectivity index (χ1) is 11.5. The Morgan fingerprint density at radius 3 is 2.62 bits per heavy atom. The first-order valence-corrected chi connectivity index (χ1v) is 7.33. The van der Waals surface area contributed by atoms with Crippen LogP contribution in [0.25, 0.3) is 5.69 Å². The summed E-state index contributed by atoms with van der Waals surface area (Å²) in [6.45, 7) is 1.97. The third kappa shape index (κ3) is 4.32. The number of nitrogens with one attached hydrogen (secondary N) is 1. The fourth-order valence-corrected chi connectivity index (χ4v) is 1.90. The lowest BCUT2D eigenvalue weighted by atomic mass is 10.3. The maximum Gasteiger partial charge on any atom is 0.325 e. The summed E-state index contributed by atoms with van der Waals surface area (Å²) in [5.74, 6) is -1.49. The van der Waals surface area contributed by atoms with Crippen LogP contribution in [-0.2, 0) is 9.53 Å². The van der Waals surface area contributed by atoms with Gasteiger partial charge in [0.15, 0.2) is 11.4 Å². The van der Waals surface area contributed by atoms with Crippen molar-refractivity contribution in [3.05, 3.63) is 42.2 Å². The number of hydrogen-bond acceptors (Lipinski definition) is 5. The summed E-state index contributed by atoms with van der Waals surface area (Å²) in [6, 6.07) is 8.17. The van der Waals surface area contributed by atoms with Crippen molar-refractivity contribution in [3.63, 3.8) is 0 Å². The number of carboxylic acid groups (broad SMARTS) is 1. The molecule has 2 rings (SSSR count). The van der Waals surface area contributed by atoms with Crippen molar-refractivity contribution in [3.8, 4) is 11.4 Å². The van der Waals surface area contributed by atoms with Gasteiger partial charge in [0.1, 0.15) is 12.6 Å². The number of para-hydroxylation sites is 1. The number of methoxy groups -OCH3 is 1. The molecule has 8 nitrogen and oxygen atoms in total. The molecule has 1 amide bonds. The highest BCUT2D eigenvalue weighted by atomic mass is 16.5. The van der Waals surface area contributed by atoms with Crippen molar-refractivity contribution in [2.45, 2.75) is 13.0 Å². The van der Waals surface area contributed by atoms with E-state index in [2.05, 4.69) is 10.4 Å². The van der Waals surface area contributed by atoms with E-state index in [1.54, 1.807) is 13.3 Å². The van der Waals surface area contributed by atoms with Crippen LogP contribution in [0.2, 0.25) is 0 Å². The molecule has 0 radical (unpaired) electrons. The summed E-state index contributed by atoms with van der Waals surface area (Å²) in [5, 5.41) is 15.5. The van der Waals surface area contributed by atoms with Gasteiger partial charge in [-0.1, -0.05) is 18.2 Å². The molecular weight excluding hydrogens is 314 g/mol. The number of carbonyl (C=O) groups is 2. The first-order valence-electron chi connectivity index (χ1n) is 7.33. The Bertz CT molecular complexity index is 699. The van der Waals surface area contributed by atoms with E-state index in [0.29, 0.717) is 6.61 Å². The lowest BCUT2D eigenvalue weighted by molar-refractivity contribution is -0.138. The number of ether oxygens (including phenoxy) is 2. The van der Waals surface area contributed by atoms with Gasteiger partial charge in [-0.15, -0.1) is 0 Å². The van der Waals surface area contributed by atoms with Gasteiger partial charge in [-0.25, -0.2) is 4.68 Å². The zero-order chi connectivity index (χ0) is 17.5. The SMILES string of the molecule is COCCOc1cn(-c2ccccc2)nc1C(=O)N[C@H](C)C(=O)O. The van der Waals surface area contributed by atoms with Gasteiger partial charge in [0.2, 0.25) is 0 Å². The van der Waals surface area contributed by atoms with E-state index in [1.807, 2.05) is 30.3 Å². The number of amides is 1. The van der Waals surface area contributed by atoms with E-state index in [-0.39, 0.29) is 18.1 Å². The van der Waals surface area contributed by atoms with Crippen LogP contribution in [0.4, 0.5) is 0 Å². The van der Waals surface area contributed by atoms with Crippen LogP contribution in [0.15, 0.2) is 36.5 Å². The smallest absolute Gasteiger partial charge is 0.325 e. The van der Waals surface area contributed by atoms with Gasteiger partial charge in [0.25, 0.3) is 5.91 Å². The predicted octanol–water partition coefficient (Wildman–Crippen LogP) is 1.10. The zero-order valence-electron chi connectivity index (χ0n) is 13.4. The summed E-state index contributed by atoms with van der Waals surface area (Å²) in [7, 11) is 1.54. The topological polar surface area (TPSA) is 103 Å². The molecule has 0 aliphatic carbocycles. The van der Waals surface area contributed by atoms with Crippen molar-refractivity contribution < 1.29 is 24.2 Å². The molecule has 0 fully saturated rings. The highest BCUT2D eigenvalue weighted by molar-refractivity contribution is 5.97. The largest absolute Gasteiger partial charge is 0.487 e. The number of aliphatic carboxylic acids is 1. The average molecular weight is 333 g/mol. The minimum Gasteiger partial charge on any atom is -0.487 e. The molecule has 1 atom stereocenters. The highest BCUT2D eigenvalue weighted by Gasteiger charge is 2.22. The Labute approximate surface area is 139 Å². The van der Waals surface area contributed by atoms with Crippen molar-refractivity contribution in [1.29, 1.82) is 0 Å². The molecule has 2 N–H and O–H groups in total. The predicted molar refractivity (Wildman–Crippen MR) is 85.5 cm³/mol. The number of carboxylic acids is 1. The van der Waals surface area contributed by atoms with Gasteiger partial charge in [0.05, 0.1) is 18.5 Å². The normalized spacial score (nSPS) is 11.8. The molecule has 0 aliphatic heterocycles. The van der Waals surface area contributed by atoms with E-state index in [0.717, 1.165) is 5.69 Å². The summed E-state index contributed by atoms with van der Waals surface area (Å²) in [5.41, 5.74) is 0.766. The van der Waals surface area contributed by atoms with Crippen LogP contribution in [0.5, 0.6) is 5.75 Å². The van der Waals surface area contributed by atoms with Crippen LogP contribution in [0.3, 0.4) is 0 Å². The molecule has 0 spiro atoms. The third-order valence-electron chi connectivity index (χ3n) is 3.18. The second kappa shape index (κ2) is 8.11. The van der Waals surface area contributed by atoms with E-state index in [9.17, 15) is 9.59 Å². The van der Waals surface area contributed by atoms with Crippen LogP contribution in [0, 0.1) is 0 Å². The average Bonchev–Trinajstić information content (AvgIpc) is 3.00. The fourth-order valence-electron chi connectivity index (χ4n) is 1.90.